The van der Waals surface area contributed by atoms with Gasteiger partial charge in [-0.05, 0) is 18.2 Å². The van der Waals surface area contributed by atoms with Crippen LogP contribution in [0.1, 0.15) is 0 Å². The maximum Gasteiger partial charge on any atom is 0.204 e. The van der Waals surface area contributed by atoms with Gasteiger partial charge in [-0.25, -0.2) is 4.39 Å². The number of pyridine rings is 1. The summed E-state index contributed by atoms with van der Waals surface area (Å²) in [6.07, 6.45) is 1.60. The van der Waals surface area contributed by atoms with Crippen LogP contribution in [0.4, 0.5) is 10.1 Å². The standard InChI is InChI=1S/C18H15FN2O4/c1-22-15-9-13-16(18-17(15)23-6-7-24-18)14(4-5-21-13)25-10-2-3-12(20)11(19)8-10/h2-5,8-9H,6-7,20H2,1H3. The summed E-state index contributed by atoms with van der Waals surface area (Å²) in [4.78, 5) is 4.34. The average molecular weight is 342 g/mol. The van der Waals surface area contributed by atoms with E-state index in [9.17, 15) is 4.39 Å². The number of halogens is 1. The lowest BCUT2D eigenvalue weighted by atomic mass is 10.1. The SMILES string of the molecule is COc1cc2nccc(Oc3ccc(N)c(F)c3)c2c2c1OCCO2. The van der Waals surface area contributed by atoms with Crippen molar-refractivity contribution in [1.29, 1.82) is 0 Å². The van der Waals surface area contributed by atoms with Crippen LogP contribution in [-0.2, 0) is 0 Å². The van der Waals surface area contributed by atoms with Crippen molar-refractivity contribution >= 4 is 16.6 Å². The molecular weight excluding hydrogens is 327 g/mol. The normalized spacial score (nSPS) is 12.9. The van der Waals surface area contributed by atoms with E-state index in [4.69, 9.17) is 24.7 Å². The highest BCUT2D eigenvalue weighted by atomic mass is 19.1. The molecule has 0 saturated heterocycles. The van der Waals surface area contributed by atoms with Crippen molar-refractivity contribution in [3.05, 3.63) is 42.3 Å². The van der Waals surface area contributed by atoms with Crippen LogP contribution in [0.2, 0.25) is 0 Å². The Bertz CT molecular complexity index is 961. The highest BCUT2D eigenvalue weighted by Crippen LogP contribution is 2.48. The van der Waals surface area contributed by atoms with E-state index in [-0.39, 0.29) is 5.69 Å². The van der Waals surface area contributed by atoms with Gasteiger partial charge in [0.25, 0.3) is 0 Å². The quantitative estimate of drug-likeness (QED) is 0.734. The molecule has 0 unspecified atom stereocenters. The molecule has 0 radical (unpaired) electrons. The molecule has 4 rings (SSSR count). The number of hydrogen-bond donors (Lipinski definition) is 1. The minimum Gasteiger partial charge on any atom is -0.493 e. The van der Waals surface area contributed by atoms with Crippen molar-refractivity contribution in [3.63, 3.8) is 0 Å². The third-order valence-corrected chi connectivity index (χ3v) is 3.86. The molecule has 2 N–H and O–H groups in total. The molecule has 7 heteroatoms. The number of ether oxygens (including phenoxy) is 4. The molecule has 2 aromatic carbocycles. The molecule has 0 fully saturated rings. The lowest BCUT2D eigenvalue weighted by Gasteiger charge is -2.23. The number of benzene rings is 2. The Kier molecular flexibility index (Phi) is 3.68. The van der Waals surface area contributed by atoms with E-state index >= 15 is 0 Å². The third-order valence-electron chi connectivity index (χ3n) is 3.86. The molecule has 0 bridgehead atoms. The van der Waals surface area contributed by atoms with Gasteiger partial charge in [-0.3, -0.25) is 4.98 Å². The van der Waals surface area contributed by atoms with Gasteiger partial charge in [0.15, 0.2) is 11.5 Å². The van der Waals surface area contributed by atoms with Crippen molar-refractivity contribution in [2.45, 2.75) is 0 Å². The number of anilines is 1. The van der Waals surface area contributed by atoms with Crippen molar-refractivity contribution in [2.75, 3.05) is 26.1 Å². The van der Waals surface area contributed by atoms with Gasteiger partial charge in [0.2, 0.25) is 5.75 Å². The first-order valence-electron chi connectivity index (χ1n) is 7.65. The first-order chi connectivity index (χ1) is 12.2. The maximum atomic E-state index is 13.7. The van der Waals surface area contributed by atoms with Gasteiger partial charge in [-0.15, -0.1) is 0 Å². The summed E-state index contributed by atoms with van der Waals surface area (Å²) in [5.74, 6) is 1.78. The summed E-state index contributed by atoms with van der Waals surface area (Å²) < 4.78 is 36.4. The molecule has 2 heterocycles. The lowest BCUT2D eigenvalue weighted by Crippen LogP contribution is -2.16. The fraction of sp³-hybridized carbons (Fsp3) is 0.167. The average Bonchev–Trinajstić information content (AvgIpc) is 2.64. The zero-order valence-corrected chi connectivity index (χ0v) is 13.4. The number of fused-ring (bicyclic) bond motifs is 3. The summed E-state index contributed by atoms with van der Waals surface area (Å²) in [7, 11) is 1.55. The van der Waals surface area contributed by atoms with E-state index < -0.39 is 5.82 Å². The molecule has 0 aliphatic carbocycles. The summed E-state index contributed by atoms with van der Waals surface area (Å²) in [6, 6.07) is 7.71. The number of methoxy groups -OCH3 is 1. The minimum absolute atomic E-state index is 0.0609. The van der Waals surface area contributed by atoms with Crippen LogP contribution in [0, 0.1) is 5.82 Å². The van der Waals surface area contributed by atoms with E-state index in [0.29, 0.717) is 52.9 Å². The van der Waals surface area contributed by atoms with Gasteiger partial charge in [0, 0.05) is 18.3 Å². The maximum absolute atomic E-state index is 13.7. The third kappa shape index (κ3) is 2.63. The minimum atomic E-state index is -0.542. The Balaban J connectivity index is 1.88. The number of nitrogen functional groups attached to an aromatic ring is 1. The van der Waals surface area contributed by atoms with Crippen LogP contribution in [0.3, 0.4) is 0 Å². The monoisotopic (exact) mass is 342 g/mol. The van der Waals surface area contributed by atoms with Crippen LogP contribution in [0.15, 0.2) is 36.5 Å². The smallest absolute Gasteiger partial charge is 0.204 e. The Labute approximate surface area is 142 Å². The predicted molar refractivity (Wildman–Crippen MR) is 90.2 cm³/mol. The molecule has 3 aromatic rings. The molecule has 1 aliphatic rings. The summed E-state index contributed by atoms with van der Waals surface area (Å²) in [5, 5.41) is 0.634. The summed E-state index contributed by atoms with van der Waals surface area (Å²) in [6.45, 7) is 0.828. The topological polar surface area (TPSA) is 75.8 Å². The van der Waals surface area contributed by atoms with Crippen molar-refractivity contribution in [2.24, 2.45) is 0 Å². The number of rotatable bonds is 3. The van der Waals surface area contributed by atoms with Crippen molar-refractivity contribution < 1.29 is 23.3 Å². The molecule has 0 amide bonds. The second-order valence-corrected chi connectivity index (χ2v) is 5.42. The van der Waals surface area contributed by atoms with Crippen molar-refractivity contribution in [3.8, 4) is 28.7 Å². The van der Waals surface area contributed by atoms with Gasteiger partial charge < -0.3 is 24.7 Å². The van der Waals surface area contributed by atoms with Gasteiger partial charge in [-0.1, -0.05) is 0 Å². The largest absolute Gasteiger partial charge is 0.493 e. The van der Waals surface area contributed by atoms with E-state index in [1.165, 1.54) is 12.1 Å². The second kappa shape index (κ2) is 6.01. The van der Waals surface area contributed by atoms with Gasteiger partial charge in [0.1, 0.15) is 30.5 Å². The van der Waals surface area contributed by atoms with Gasteiger partial charge >= 0.3 is 0 Å². The van der Waals surface area contributed by atoms with Crippen LogP contribution >= 0.6 is 0 Å². The van der Waals surface area contributed by atoms with Crippen LogP contribution < -0.4 is 24.7 Å². The molecule has 128 valence electrons. The Hall–Kier alpha value is -3.22. The molecule has 6 nitrogen and oxygen atoms in total. The van der Waals surface area contributed by atoms with E-state index in [2.05, 4.69) is 4.98 Å². The first-order valence-corrected chi connectivity index (χ1v) is 7.65. The number of hydrogen-bond acceptors (Lipinski definition) is 6. The van der Waals surface area contributed by atoms with E-state index in [1.54, 1.807) is 31.5 Å². The number of nitrogens with zero attached hydrogens (tertiary/aromatic N) is 1. The molecule has 25 heavy (non-hydrogen) atoms. The Morgan fingerprint density at radius 1 is 1.08 bits per heavy atom. The van der Waals surface area contributed by atoms with E-state index in [0.717, 1.165) is 0 Å². The predicted octanol–water partition coefficient (Wildman–Crippen LogP) is 3.53. The molecule has 1 aliphatic heterocycles. The zero-order chi connectivity index (χ0) is 17.4. The summed E-state index contributed by atoms with van der Waals surface area (Å²) in [5.41, 5.74) is 6.19. The highest BCUT2D eigenvalue weighted by Gasteiger charge is 2.24. The fourth-order valence-electron chi connectivity index (χ4n) is 2.71. The van der Waals surface area contributed by atoms with Crippen molar-refractivity contribution in [1.82, 2.24) is 4.98 Å². The number of nitrogens with two attached hydrogens (primary N) is 1. The Morgan fingerprint density at radius 2 is 1.88 bits per heavy atom. The number of aromatic nitrogens is 1. The molecule has 1 aromatic heterocycles. The van der Waals surface area contributed by atoms with Crippen LogP contribution in [-0.4, -0.2) is 25.3 Å². The molecule has 0 saturated carbocycles. The highest BCUT2D eigenvalue weighted by molar-refractivity contribution is 5.95. The van der Waals surface area contributed by atoms with E-state index in [1.807, 2.05) is 0 Å². The molecule has 0 spiro atoms. The molecule has 0 atom stereocenters. The van der Waals surface area contributed by atoms with Crippen LogP contribution in [0.5, 0.6) is 28.7 Å². The van der Waals surface area contributed by atoms with Gasteiger partial charge in [0.05, 0.1) is 23.7 Å². The van der Waals surface area contributed by atoms with Gasteiger partial charge in [-0.2, -0.15) is 0 Å². The molecular formula is C18H15FN2O4. The first kappa shape index (κ1) is 15.3. The Morgan fingerprint density at radius 3 is 2.64 bits per heavy atom. The van der Waals surface area contributed by atoms with Crippen LogP contribution in [0.25, 0.3) is 10.9 Å². The fourth-order valence-corrected chi connectivity index (χ4v) is 2.71. The second-order valence-electron chi connectivity index (χ2n) is 5.42. The zero-order valence-electron chi connectivity index (χ0n) is 13.4. The lowest BCUT2D eigenvalue weighted by molar-refractivity contribution is 0.167. The summed E-state index contributed by atoms with van der Waals surface area (Å²) >= 11 is 0.